The Bertz CT molecular complexity index is 797. The molecule has 0 atom stereocenters. The van der Waals surface area contributed by atoms with Gasteiger partial charge >= 0.3 is 6.18 Å². The summed E-state index contributed by atoms with van der Waals surface area (Å²) >= 11 is 7.26. The van der Waals surface area contributed by atoms with Gasteiger partial charge in [-0.1, -0.05) is 17.7 Å². The van der Waals surface area contributed by atoms with Gasteiger partial charge in [0.05, 0.1) is 10.6 Å². The zero-order chi connectivity index (χ0) is 17.3. The Morgan fingerprint density at radius 2 is 2.08 bits per heavy atom. The number of halogens is 4. The Labute approximate surface area is 146 Å². The molecule has 0 saturated carbocycles. The van der Waals surface area contributed by atoms with Gasteiger partial charge in [-0.25, -0.2) is 0 Å². The van der Waals surface area contributed by atoms with E-state index < -0.39 is 11.7 Å². The Balaban J connectivity index is 1.73. The maximum atomic E-state index is 12.8. The zero-order valence-corrected chi connectivity index (χ0v) is 14.0. The number of alkyl halides is 3. The van der Waals surface area contributed by atoms with Crippen molar-refractivity contribution in [3.8, 4) is 0 Å². The number of nitrogens with zero attached hydrogens (tertiary/aromatic N) is 1. The highest BCUT2D eigenvalue weighted by atomic mass is 35.5. The SMILES string of the molecule is O=C(C=Cc1ccc(Cl)c(C(F)(F)F)c1)N1CCc2sccc2C1. The van der Waals surface area contributed by atoms with Crippen LogP contribution < -0.4 is 0 Å². The summed E-state index contributed by atoms with van der Waals surface area (Å²) in [5, 5.41) is 1.65. The van der Waals surface area contributed by atoms with E-state index in [4.69, 9.17) is 11.6 Å². The number of amides is 1. The molecule has 1 amide bonds. The predicted molar refractivity (Wildman–Crippen MR) is 88.9 cm³/mol. The van der Waals surface area contributed by atoms with Gasteiger partial charge in [-0.3, -0.25) is 4.79 Å². The lowest BCUT2D eigenvalue weighted by atomic mass is 10.1. The Morgan fingerprint density at radius 3 is 2.83 bits per heavy atom. The maximum absolute atomic E-state index is 12.8. The van der Waals surface area contributed by atoms with Crippen molar-refractivity contribution in [2.45, 2.75) is 19.1 Å². The molecule has 1 aromatic carbocycles. The van der Waals surface area contributed by atoms with E-state index in [1.807, 2.05) is 11.4 Å². The van der Waals surface area contributed by atoms with Gasteiger partial charge in [0.2, 0.25) is 5.91 Å². The molecule has 7 heteroatoms. The predicted octanol–water partition coefficient (Wildman–Crippen LogP) is 5.02. The largest absolute Gasteiger partial charge is 0.417 e. The first-order valence-corrected chi connectivity index (χ1v) is 8.49. The number of carbonyl (C=O) groups excluding carboxylic acids is 1. The van der Waals surface area contributed by atoms with Crippen molar-refractivity contribution in [2.75, 3.05) is 6.54 Å². The van der Waals surface area contributed by atoms with Crippen LogP contribution in [-0.4, -0.2) is 17.4 Å². The molecule has 2 aromatic rings. The lowest BCUT2D eigenvalue weighted by molar-refractivity contribution is -0.137. The van der Waals surface area contributed by atoms with Gasteiger partial charge in [-0.2, -0.15) is 13.2 Å². The molecular formula is C17H13ClF3NOS. The molecule has 0 aliphatic carbocycles. The first-order valence-electron chi connectivity index (χ1n) is 7.23. The van der Waals surface area contributed by atoms with E-state index in [2.05, 4.69) is 0 Å². The quantitative estimate of drug-likeness (QED) is 0.679. The van der Waals surface area contributed by atoms with Crippen LogP contribution >= 0.6 is 22.9 Å². The highest BCUT2D eigenvalue weighted by molar-refractivity contribution is 7.10. The fourth-order valence-electron chi connectivity index (χ4n) is 2.57. The minimum Gasteiger partial charge on any atom is -0.334 e. The summed E-state index contributed by atoms with van der Waals surface area (Å²) < 4.78 is 38.5. The van der Waals surface area contributed by atoms with Crippen molar-refractivity contribution in [3.05, 3.63) is 62.3 Å². The maximum Gasteiger partial charge on any atom is 0.417 e. The van der Waals surface area contributed by atoms with Gasteiger partial charge in [0.25, 0.3) is 0 Å². The fourth-order valence-corrected chi connectivity index (χ4v) is 3.69. The van der Waals surface area contributed by atoms with Crippen LogP contribution in [0.15, 0.2) is 35.7 Å². The Hall–Kier alpha value is -1.79. The summed E-state index contributed by atoms with van der Waals surface area (Å²) in [5.41, 5.74) is 0.520. The van der Waals surface area contributed by atoms with E-state index in [9.17, 15) is 18.0 Å². The molecule has 2 nitrogen and oxygen atoms in total. The van der Waals surface area contributed by atoms with Gasteiger partial charge in [0.15, 0.2) is 0 Å². The van der Waals surface area contributed by atoms with Gasteiger partial charge < -0.3 is 4.90 Å². The number of hydrogen-bond acceptors (Lipinski definition) is 2. The van der Waals surface area contributed by atoms with Crippen LogP contribution in [0.3, 0.4) is 0 Å². The third-order valence-corrected chi connectivity index (χ3v) is 5.19. The number of hydrogen-bond donors (Lipinski definition) is 0. The van der Waals surface area contributed by atoms with E-state index in [1.54, 1.807) is 16.2 Å². The number of benzene rings is 1. The Morgan fingerprint density at radius 1 is 1.29 bits per heavy atom. The smallest absolute Gasteiger partial charge is 0.334 e. The van der Waals surface area contributed by atoms with Crippen LogP contribution in [0.25, 0.3) is 6.08 Å². The second-order valence-corrected chi connectivity index (χ2v) is 6.86. The van der Waals surface area contributed by atoms with Crippen molar-refractivity contribution in [3.63, 3.8) is 0 Å². The van der Waals surface area contributed by atoms with Gasteiger partial charge in [0.1, 0.15) is 0 Å². The monoisotopic (exact) mass is 371 g/mol. The molecule has 0 bridgehead atoms. The third kappa shape index (κ3) is 3.65. The van der Waals surface area contributed by atoms with Crippen LogP contribution in [0, 0.1) is 0 Å². The molecule has 0 radical (unpaired) electrons. The lowest BCUT2D eigenvalue weighted by Gasteiger charge is -2.25. The molecule has 0 saturated heterocycles. The average Bonchev–Trinajstić information content (AvgIpc) is 3.00. The highest BCUT2D eigenvalue weighted by Crippen LogP contribution is 2.35. The number of rotatable bonds is 2. The van der Waals surface area contributed by atoms with E-state index in [0.29, 0.717) is 13.1 Å². The molecule has 126 valence electrons. The normalized spacial score (nSPS) is 14.9. The van der Waals surface area contributed by atoms with E-state index in [0.717, 1.165) is 18.1 Å². The molecule has 2 heterocycles. The van der Waals surface area contributed by atoms with E-state index in [1.165, 1.54) is 29.2 Å². The summed E-state index contributed by atoms with van der Waals surface area (Å²) in [7, 11) is 0. The summed E-state index contributed by atoms with van der Waals surface area (Å²) in [6.45, 7) is 1.15. The standard InChI is InChI=1S/C17H13ClF3NOS/c18-14-3-1-11(9-13(14)17(19,20)21)2-4-16(23)22-7-5-15-12(10-22)6-8-24-15/h1-4,6,8-9H,5,7,10H2. The number of carbonyl (C=O) groups is 1. The molecule has 1 aliphatic rings. The summed E-state index contributed by atoms with van der Waals surface area (Å²) in [5.74, 6) is -0.213. The molecule has 3 rings (SSSR count). The molecule has 1 aromatic heterocycles. The highest BCUT2D eigenvalue weighted by Gasteiger charge is 2.33. The van der Waals surface area contributed by atoms with Crippen LogP contribution in [-0.2, 0) is 23.9 Å². The van der Waals surface area contributed by atoms with Crippen LogP contribution in [0.2, 0.25) is 5.02 Å². The van der Waals surface area contributed by atoms with Crippen molar-refractivity contribution in [2.24, 2.45) is 0 Å². The third-order valence-electron chi connectivity index (χ3n) is 3.83. The molecule has 0 fully saturated rings. The number of thiophene rings is 1. The van der Waals surface area contributed by atoms with Crippen molar-refractivity contribution in [1.82, 2.24) is 4.90 Å². The molecule has 0 N–H and O–H groups in total. The molecule has 0 unspecified atom stereocenters. The van der Waals surface area contributed by atoms with Gasteiger partial charge in [-0.05, 0) is 47.2 Å². The van der Waals surface area contributed by atoms with E-state index in [-0.39, 0.29) is 16.5 Å². The van der Waals surface area contributed by atoms with Crippen molar-refractivity contribution in [1.29, 1.82) is 0 Å². The fraction of sp³-hybridized carbons (Fsp3) is 0.235. The molecule has 24 heavy (non-hydrogen) atoms. The second kappa shape index (κ2) is 6.61. The van der Waals surface area contributed by atoms with E-state index >= 15 is 0 Å². The zero-order valence-electron chi connectivity index (χ0n) is 12.4. The second-order valence-electron chi connectivity index (χ2n) is 5.45. The van der Waals surface area contributed by atoms with Crippen LogP contribution in [0.5, 0.6) is 0 Å². The number of fused-ring (bicyclic) bond motifs is 1. The summed E-state index contributed by atoms with van der Waals surface area (Å²) in [4.78, 5) is 15.2. The molecular weight excluding hydrogens is 359 g/mol. The van der Waals surface area contributed by atoms with Crippen molar-refractivity contribution >= 4 is 34.9 Å². The summed E-state index contributed by atoms with van der Waals surface area (Å²) in [6, 6.07) is 5.58. The first-order chi connectivity index (χ1) is 11.3. The minimum absolute atomic E-state index is 0.213. The van der Waals surface area contributed by atoms with Crippen LogP contribution in [0.4, 0.5) is 13.2 Å². The molecule has 0 spiro atoms. The topological polar surface area (TPSA) is 20.3 Å². The first kappa shape index (κ1) is 17.0. The van der Waals surface area contributed by atoms with Gasteiger partial charge in [0, 0.05) is 24.0 Å². The average molecular weight is 372 g/mol. The van der Waals surface area contributed by atoms with Gasteiger partial charge in [-0.15, -0.1) is 11.3 Å². The van der Waals surface area contributed by atoms with Crippen LogP contribution in [0.1, 0.15) is 21.6 Å². The van der Waals surface area contributed by atoms with Crippen molar-refractivity contribution < 1.29 is 18.0 Å². The summed E-state index contributed by atoms with van der Waals surface area (Å²) in [6.07, 6.45) is -1.02. The minimum atomic E-state index is -4.52. The molecule has 1 aliphatic heterocycles. The Kier molecular flexibility index (Phi) is 4.69. The lowest BCUT2D eigenvalue weighted by Crippen LogP contribution is -2.34.